The van der Waals surface area contributed by atoms with Crippen molar-refractivity contribution in [2.75, 3.05) is 11.9 Å². The third-order valence-electron chi connectivity index (χ3n) is 2.81. The van der Waals surface area contributed by atoms with Gasteiger partial charge in [0.1, 0.15) is 11.8 Å². The molecule has 2 aromatic rings. The molecule has 0 bridgehead atoms. The Morgan fingerprint density at radius 3 is 2.55 bits per heavy atom. The number of carbonyl (C=O) groups is 1. The Morgan fingerprint density at radius 1 is 1.18 bits per heavy atom. The number of anilines is 1. The number of amides is 1. The number of nitriles is 1. The Balaban J connectivity index is 1.95. The monoisotopic (exact) mass is 334 g/mol. The highest BCUT2D eigenvalue weighted by Crippen LogP contribution is 2.22. The molecule has 0 unspecified atom stereocenters. The highest BCUT2D eigenvalue weighted by Gasteiger charge is 2.08. The molecule has 0 fully saturated rings. The van der Waals surface area contributed by atoms with Crippen LogP contribution in [0.1, 0.15) is 5.56 Å². The minimum absolute atomic E-state index is 0.0131. The highest BCUT2D eigenvalue weighted by molar-refractivity contribution is 6.35. The summed E-state index contributed by atoms with van der Waals surface area (Å²) in [4.78, 5) is 12.0. The largest absolute Gasteiger partial charge is 0.479 e. The molecule has 0 atom stereocenters. The molecule has 2 rings (SSSR count). The Morgan fingerprint density at radius 2 is 1.91 bits per heavy atom. The Hall–Kier alpha value is -2.22. The van der Waals surface area contributed by atoms with Crippen LogP contribution in [-0.2, 0) is 11.2 Å². The molecule has 0 aliphatic heterocycles. The molecule has 4 nitrogen and oxygen atoms in total. The van der Waals surface area contributed by atoms with Crippen LogP contribution in [0.3, 0.4) is 0 Å². The zero-order valence-electron chi connectivity index (χ0n) is 11.5. The van der Waals surface area contributed by atoms with Gasteiger partial charge in [0, 0.05) is 15.7 Å². The molecule has 0 aliphatic rings. The molecular weight excluding hydrogens is 323 g/mol. The van der Waals surface area contributed by atoms with Gasteiger partial charge in [-0.25, -0.2) is 0 Å². The number of hydrogen-bond acceptors (Lipinski definition) is 3. The normalized spacial score (nSPS) is 9.86. The van der Waals surface area contributed by atoms with E-state index in [1.165, 1.54) is 0 Å². The Bertz CT molecular complexity index is 709. The quantitative estimate of drug-likeness (QED) is 0.896. The molecule has 22 heavy (non-hydrogen) atoms. The number of carbonyl (C=O) groups excluding carboxylic acids is 1. The van der Waals surface area contributed by atoms with E-state index in [2.05, 4.69) is 5.32 Å². The van der Waals surface area contributed by atoms with E-state index in [1.54, 1.807) is 42.5 Å². The van der Waals surface area contributed by atoms with Gasteiger partial charge in [0.25, 0.3) is 0 Å². The standard InChI is InChI=1S/C16H12Cl2N2O2/c17-12-2-1-11(15(18)10-12)9-16(21)20-13-3-5-14(6-4-13)22-8-7-19/h1-6,10H,8-9H2,(H,20,21). The summed E-state index contributed by atoms with van der Waals surface area (Å²) in [5.41, 5.74) is 1.34. The lowest BCUT2D eigenvalue weighted by Gasteiger charge is -2.08. The maximum atomic E-state index is 12.0. The molecule has 0 radical (unpaired) electrons. The van der Waals surface area contributed by atoms with Crippen molar-refractivity contribution in [3.8, 4) is 11.8 Å². The van der Waals surface area contributed by atoms with E-state index in [9.17, 15) is 4.79 Å². The van der Waals surface area contributed by atoms with E-state index >= 15 is 0 Å². The molecule has 112 valence electrons. The topological polar surface area (TPSA) is 62.1 Å². The molecule has 0 aromatic heterocycles. The van der Waals surface area contributed by atoms with E-state index in [4.69, 9.17) is 33.2 Å². The third kappa shape index (κ3) is 4.66. The van der Waals surface area contributed by atoms with Crippen LogP contribution < -0.4 is 10.1 Å². The van der Waals surface area contributed by atoms with Crippen molar-refractivity contribution in [3.05, 3.63) is 58.1 Å². The number of benzene rings is 2. The molecule has 0 spiro atoms. The average molecular weight is 335 g/mol. The van der Waals surface area contributed by atoms with Crippen LogP contribution >= 0.6 is 23.2 Å². The maximum absolute atomic E-state index is 12.0. The summed E-state index contributed by atoms with van der Waals surface area (Å²) in [6, 6.07) is 13.7. The van der Waals surface area contributed by atoms with Crippen molar-refractivity contribution in [3.63, 3.8) is 0 Å². The Kier molecular flexibility index (Phi) is 5.65. The third-order valence-corrected chi connectivity index (χ3v) is 3.39. The van der Waals surface area contributed by atoms with Crippen molar-refractivity contribution >= 4 is 34.8 Å². The summed E-state index contributed by atoms with van der Waals surface area (Å²) in [6.07, 6.45) is 0.155. The van der Waals surface area contributed by atoms with Crippen LogP contribution in [0.4, 0.5) is 5.69 Å². The van der Waals surface area contributed by atoms with Crippen LogP contribution in [0, 0.1) is 11.3 Å². The number of hydrogen-bond donors (Lipinski definition) is 1. The van der Waals surface area contributed by atoms with Crippen LogP contribution in [-0.4, -0.2) is 12.5 Å². The first-order valence-electron chi connectivity index (χ1n) is 6.42. The second kappa shape index (κ2) is 7.69. The molecule has 6 heteroatoms. The van der Waals surface area contributed by atoms with E-state index in [0.717, 1.165) is 0 Å². The zero-order chi connectivity index (χ0) is 15.9. The summed E-state index contributed by atoms with van der Waals surface area (Å²) in [6.45, 7) is -0.0131. The molecule has 1 N–H and O–H groups in total. The smallest absolute Gasteiger partial charge is 0.228 e. The molecule has 0 heterocycles. The first-order chi connectivity index (χ1) is 10.6. The van der Waals surface area contributed by atoms with Gasteiger partial charge in [-0.3, -0.25) is 4.79 Å². The summed E-state index contributed by atoms with van der Waals surface area (Å²) >= 11 is 11.9. The average Bonchev–Trinajstić information content (AvgIpc) is 2.49. The SMILES string of the molecule is N#CCOc1ccc(NC(=O)Cc2ccc(Cl)cc2Cl)cc1. The van der Waals surface area contributed by atoms with Crippen molar-refractivity contribution < 1.29 is 9.53 Å². The maximum Gasteiger partial charge on any atom is 0.228 e. The molecule has 0 saturated carbocycles. The first kappa shape index (κ1) is 16.2. The van der Waals surface area contributed by atoms with Gasteiger partial charge in [-0.2, -0.15) is 5.26 Å². The second-order valence-electron chi connectivity index (χ2n) is 4.43. The van der Waals surface area contributed by atoms with E-state index in [1.807, 2.05) is 6.07 Å². The number of rotatable bonds is 5. The van der Waals surface area contributed by atoms with Gasteiger partial charge in [-0.05, 0) is 42.0 Å². The van der Waals surface area contributed by atoms with Gasteiger partial charge < -0.3 is 10.1 Å². The number of halogens is 2. The fourth-order valence-corrected chi connectivity index (χ4v) is 2.27. The summed E-state index contributed by atoms with van der Waals surface area (Å²) in [7, 11) is 0. The van der Waals surface area contributed by atoms with Crippen LogP contribution in [0.2, 0.25) is 10.0 Å². The van der Waals surface area contributed by atoms with Gasteiger partial charge >= 0.3 is 0 Å². The van der Waals surface area contributed by atoms with Crippen molar-refractivity contribution in [2.45, 2.75) is 6.42 Å². The van der Waals surface area contributed by atoms with Gasteiger partial charge in [0.15, 0.2) is 6.61 Å². The predicted octanol–water partition coefficient (Wildman–Crippen LogP) is 4.08. The van der Waals surface area contributed by atoms with Crippen molar-refractivity contribution in [1.29, 1.82) is 5.26 Å². The summed E-state index contributed by atoms with van der Waals surface area (Å²) < 4.78 is 5.13. The van der Waals surface area contributed by atoms with E-state index < -0.39 is 0 Å². The first-order valence-corrected chi connectivity index (χ1v) is 7.17. The molecule has 0 aliphatic carbocycles. The second-order valence-corrected chi connectivity index (χ2v) is 5.28. The number of nitrogens with zero attached hydrogens (tertiary/aromatic N) is 1. The molecule has 0 saturated heterocycles. The lowest BCUT2D eigenvalue weighted by Crippen LogP contribution is -2.14. The van der Waals surface area contributed by atoms with Gasteiger partial charge in [0.05, 0.1) is 6.42 Å². The summed E-state index contributed by atoms with van der Waals surface area (Å²) in [5.74, 6) is 0.384. The molecule has 2 aromatic carbocycles. The fourth-order valence-electron chi connectivity index (χ4n) is 1.79. The van der Waals surface area contributed by atoms with Crippen LogP contribution in [0.15, 0.2) is 42.5 Å². The van der Waals surface area contributed by atoms with E-state index in [-0.39, 0.29) is 18.9 Å². The number of nitrogens with one attached hydrogen (secondary N) is 1. The lowest BCUT2D eigenvalue weighted by atomic mass is 10.1. The molecular formula is C16H12Cl2N2O2. The van der Waals surface area contributed by atoms with Crippen LogP contribution in [0.5, 0.6) is 5.75 Å². The minimum atomic E-state index is -0.185. The van der Waals surface area contributed by atoms with Gasteiger partial charge in [0.2, 0.25) is 5.91 Å². The minimum Gasteiger partial charge on any atom is -0.479 e. The zero-order valence-corrected chi connectivity index (χ0v) is 13.0. The summed E-state index contributed by atoms with van der Waals surface area (Å²) in [5, 5.41) is 12.2. The predicted molar refractivity (Wildman–Crippen MR) is 86.3 cm³/mol. The fraction of sp³-hybridized carbons (Fsp3) is 0.125. The highest BCUT2D eigenvalue weighted by atomic mass is 35.5. The lowest BCUT2D eigenvalue weighted by molar-refractivity contribution is -0.115. The van der Waals surface area contributed by atoms with Crippen LogP contribution in [0.25, 0.3) is 0 Å². The van der Waals surface area contributed by atoms with Gasteiger partial charge in [-0.15, -0.1) is 0 Å². The number of ether oxygens (including phenoxy) is 1. The molecule has 1 amide bonds. The van der Waals surface area contributed by atoms with Gasteiger partial charge in [-0.1, -0.05) is 29.3 Å². The van der Waals surface area contributed by atoms with Crippen molar-refractivity contribution in [2.24, 2.45) is 0 Å². The van der Waals surface area contributed by atoms with Crippen molar-refractivity contribution in [1.82, 2.24) is 0 Å². The Labute approximate surface area is 138 Å². The van der Waals surface area contributed by atoms with E-state index in [0.29, 0.717) is 27.0 Å².